The lowest BCUT2D eigenvalue weighted by Gasteiger charge is -2.42. The van der Waals surface area contributed by atoms with Crippen LogP contribution < -0.4 is 5.73 Å². The van der Waals surface area contributed by atoms with E-state index in [1.54, 1.807) is 0 Å². The van der Waals surface area contributed by atoms with Crippen molar-refractivity contribution < 1.29 is 5.11 Å². The van der Waals surface area contributed by atoms with Crippen LogP contribution in [0.2, 0.25) is 0 Å². The van der Waals surface area contributed by atoms with E-state index in [9.17, 15) is 5.11 Å². The summed E-state index contributed by atoms with van der Waals surface area (Å²) in [4.78, 5) is 2.33. The zero-order chi connectivity index (χ0) is 13.8. The number of hydrogen-bond acceptors (Lipinski definition) is 3. The summed E-state index contributed by atoms with van der Waals surface area (Å²) >= 11 is 0. The topological polar surface area (TPSA) is 49.5 Å². The van der Waals surface area contributed by atoms with E-state index in [1.807, 2.05) is 0 Å². The molecule has 0 aliphatic carbocycles. The van der Waals surface area contributed by atoms with Crippen LogP contribution in [-0.4, -0.2) is 41.3 Å². The van der Waals surface area contributed by atoms with Crippen LogP contribution in [0.1, 0.15) is 48.5 Å². The van der Waals surface area contributed by atoms with Crippen molar-refractivity contribution in [3.8, 4) is 0 Å². The van der Waals surface area contributed by atoms with Crippen molar-refractivity contribution in [2.24, 2.45) is 17.1 Å². The fourth-order valence-corrected chi connectivity index (χ4v) is 2.15. The SMILES string of the molecule is CC(C)CN(C(C)C)C(CO)C(N)C(C)(C)C. The normalized spacial score (nSPS) is 16.9. The van der Waals surface area contributed by atoms with Crippen molar-refractivity contribution in [2.75, 3.05) is 13.2 Å². The van der Waals surface area contributed by atoms with Crippen LogP contribution in [0.25, 0.3) is 0 Å². The number of aliphatic hydroxyl groups excluding tert-OH is 1. The van der Waals surface area contributed by atoms with Crippen LogP contribution >= 0.6 is 0 Å². The molecule has 3 heteroatoms. The van der Waals surface area contributed by atoms with Gasteiger partial charge in [0, 0.05) is 24.7 Å². The van der Waals surface area contributed by atoms with Crippen LogP contribution in [0.5, 0.6) is 0 Å². The molecule has 17 heavy (non-hydrogen) atoms. The first-order valence-electron chi connectivity index (χ1n) is 6.73. The molecule has 0 heterocycles. The van der Waals surface area contributed by atoms with Gasteiger partial charge in [-0.2, -0.15) is 0 Å². The summed E-state index contributed by atoms with van der Waals surface area (Å²) in [5.41, 5.74) is 6.33. The zero-order valence-electron chi connectivity index (χ0n) is 12.7. The van der Waals surface area contributed by atoms with Gasteiger partial charge < -0.3 is 10.8 Å². The lowest BCUT2D eigenvalue weighted by Crippen LogP contribution is -2.58. The molecule has 0 aromatic carbocycles. The average Bonchev–Trinajstić information content (AvgIpc) is 2.14. The Hall–Kier alpha value is -0.120. The molecule has 0 bridgehead atoms. The second-order valence-corrected chi connectivity index (χ2v) is 6.83. The summed E-state index contributed by atoms with van der Waals surface area (Å²) in [6, 6.07) is 0.425. The van der Waals surface area contributed by atoms with Gasteiger partial charge in [-0.05, 0) is 25.2 Å². The lowest BCUT2D eigenvalue weighted by molar-refractivity contribution is 0.0418. The first-order valence-corrected chi connectivity index (χ1v) is 6.73. The van der Waals surface area contributed by atoms with Gasteiger partial charge in [0.1, 0.15) is 0 Å². The molecule has 0 aliphatic rings. The number of nitrogens with two attached hydrogens (primary N) is 1. The smallest absolute Gasteiger partial charge is 0.0602 e. The minimum atomic E-state index is -0.0198. The van der Waals surface area contributed by atoms with Gasteiger partial charge in [-0.15, -0.1) is 0 Å². The Labute approximate surface area is 107 Å². The largest absolute Gasteiger partial charge is 0.395 e. The fourth-order valence-electron chi connectivity index (χ4n) is 2.15. The van der Waals surface area contributed by atoms with Gasteiger partial charge in [0.05, 0.1) is 6.61 Å². The molecule has 104 valence electrons. The highest BCUT2D eigenvalue weighted by Crippen LogP contribution is 2.24. The summed E-state index contributed by atoms with van der Waals surface area (Å²) < 4.78 is 0. The molecule has 0 saturated heterocycles. The maximum atomic E-state index is 9.67. The van der Waals surface area contributed by atoms with Crippen molar-refractivity contribution in [1.29, 1.82) is 0 Å². The molecular formula is C14H32N2O. The number of nitrogens with zero attached hydrogens (tertiary/aromatic N) is 1. The third-order valence-corrected chi connectivity index (χ3v) is 3.27. The number of aliphatic hydroxyl groups is 1. The maximum absolute atomic E-state index is 9.67. The molecule has 3 nitrogen and oxygen atoms in total. The third kappa shape index (κ3) is 5.36. The van der Waals surface area contributed by atoms with Gasteiger partial charge in [-0.25, -0.2) is 0 Å². The molecule has 0 saturated carbocycles. The predicted molar refractivity (Wildman–Crippen MR) is 75.0 cm³/mol. The van der Waals surface area contributed by atoms with Gasteiger partial charge in [-0.1, -0.05) is 34.6 Å². The Balaban J connectivity index is 4.90. The predicted octanol–water partition coefficient (Wildman–Crippen LogP) is 2.09. The number of rotatable bonds is 6. The fraction of sp³-hybridized carbons (Fsp3) is 1.00. The zero-order valence-corrected chi connectivity index (χ0v) is 12.7. The monoisotopic (exact) mass is 244 g/mol. The van der Waals surface area contributed by atoms with Gasteiger partial charge in [0.15, 0.2) is 0 Å². The van der Waals surface area contributed by atoms with Crippen molar-refractivity contribution in [1.82, 2.24) is 4.90 Å². The molecule has 0 radical (unpaired) electrons. The summed E-state index contributed by atoms with van der Waals surface area (Å²) in [6.45, 7) is 16.2. The Kier molecular flexibility index (Phi) is 6.67. The van der Waals surface area contributed by atoms with Gasteiger partial charge in [-0.3, -0.25) is 4.90 Å². The van der Waals surface area contributed by atoms with E-state index in [0.717, 1.165) is 6.54 Å². The second kappa shape index (κ2) is 6.72. The minimum absolute atomic E-state index is 0.0114. The molecule has 2 unspecified atom stereocenters. The highest BCUT2D eigenvalue weighted by molar-refractivity contribution is 4.91. The molecule has 0 aromatic rings. The Morgan fingerprint density at radius 1 is 1.12 bits per heavy atom. The van der Waals surface area contributed by atoms with Gasteiger partial charge in [0.2, 0.25) is 0 Å². The van der Waals surface area contributed by atoms with E-state index in [1.165, 1.54) is 0 Å². The molecule has 3 N–H and O–H groups in total. The van der Waals surface area contributed by atoms with E-state index < -0.39 is 0 Å². The van der Waals surface area contributed by atoms with E-state index >= 15 is 0 Å². The first-order chi connectivity index (χ1) is 7.61. The van der Waals surface area contributed by atoms with E-state index in [-0.39, 0.29) is 24.1 Å². The summed E-state index contributed by atoms with van der Waals surface area (Å²) in [6.07, 6.45) is 0. The summed E-state index contributed by atoms with van der Waals surface area (Å²) in [7, 11) is 0. The second-order valence-electron chi connectivity index (χ2n) is 6.83. The van der Waals surface area contributed by atoms with Crippen LogP contribution in [0.15, 0.2) is 0 Å². The lowest BCUT2D eigenvalue weighted by atomic mass is 9.82. The first kappa shape index (κ1) is 16.9. The van der Waals surface area contributed by atoms with Gasteiger partial charge in [0.25, 0.3) is 0 Å². The van der Waals surface area contributed by atoms with Crippen LogP contribution in [0.3, 0.4) is 0 Å². The van der Waals surface area contributed by atoms with Gasteiger partial charge >= 0.3 is 0 Å². The Morgan fingerprint density at radius 3 is 1.82 bits per heavy atom. The molecular weight excluding hydrogens is 212 g/mol. The van der Waals surface area contributed by atoms with E-state index in [2.05, 4.69) is 53.4 Å². The summed E-state index contributed by atoms with van der Waals surface area (Å²) in [5.74, 6) is 0.582. The standard InChI is InChI=1S/C14H32N2O/c1-10(2)8-16(11(3)4)12(9-17)13(15)14(5,6)7/h10-13,17H,8-9,15H2,1-7H3. The molecule has 0 rings (SSSR count). The quantitative estimate of drug-likeness (QED) is 0.752. The Bertz CT molecular complexity index is 209. The van der Waals surface area contributed by atoms with E-state index in [0.29, 0.717) is 12.0 Å². The van der Waals surface area contributed by atoms with Crippen LogP contribution in [0.4, 0.5) is 0 Å². The van der Waals surface area contributed by atoms with Crippen molar-refractivity contribution in [3.63, 3.8) is 0 Å². The van der Waals surface area contributed by atoms with Crippen molar-refractivity contribution in [2.45, 2.75) is 66.6 Å². The van der Waals surface area contributed by atoms with Crippen LogP contribution in [0, 0.1) is 11.3 Å². The molecule has 0 aliphatic heterocycles. The Morgan fingerprint density at radius 2 is 1.59 bits per heavy atom. The third-order valence-electron chi connectivity index (χ3n) is 3.27. The minimum Gasteiger partial charge on any atom is -0.395 e. The molecule has 0 amide bonds. The van der Waals surface area contributed by atoms with Crippen LogP contribution in [-0.2, 0) is 0 Å². The van der Waals surface area contributed by atoms with Crippen molar-refractivity contribution >= 4 is 0 Å². The number of hydrogen-bond donors (Lipinski definition) is 2. The molecule has 2 atom stereocenters. The van der Waals surface area contributed by atoms with E-state index in [4.69, 9.17) is 5.73 Å². The summed E-state index contributed by atoms with van der Waals surface area (Å²) in [5, 5.41) is 9.67. The maximum Gasteiger partial charge on any atom is 0.0602 e. The molecule has 0 spiro atoms. The van der Waals surface area contributed by atoms with Crippen molar-refractivity contribution in [3.05, 3.63) is 0 Å². The average molecular weight is 244 g/mol. The molecule has 0 fully saturated rings. The molecule has 0 aromatic heterocycles. The highest BCUT2D eigenvalue weighted by Gasteiger charge is 2.33. The highest BCUT2D eigenvalue weighted by atomic mass is 16.3.